The number of rotatable bonds is 2. The number of hydrogen-bond acceptors (Lipinski definition) is 3. The number of benzene rings is 1. The number of thioether (sulfide) groups is 1. The van der Waals surface area contributed by atoms with Gasteiger partial charge < -0.3 is 5.32 Å². The highest BCUT2D eigenvalue weighted by Crippen LogP contribution is 2.37. The van der Waals surface area contributed by atoms with E-state index in [0.717, 1.165) is 32.0 Å². The van der Waals surface area contributed by atoms with Gasteiger partial charge in [0.2, 0.25) is 0 Å². The number of hydrogen-bond donors (Lipinski definition) is 1. The molecule has 1 aromatic heterocycles. The van der Waals surface area contributed by atoms with Crippen molar-refractivity contribution < 1.29 is 9.18 Å². The van der Waals surface area contributed by atoms with E-state index in [1.165, 1.54) is 23.5 Å². The van der Waals surface area contributed by atoms with Gasteiger partial charge in [0.1, 0.15) is 5.82 Å². The van der Waals surface area contributed by atoms with Crippen molar-refractivity contribution >= 4 is 44.9 Å². The second kappa shape index (κ2) is 6.10. The van der Waals surface area contributed by atoms with Crippen LogP contribution in [-0.2, 0) is 0 Å². The number of fused-ring (bicyclic) bond motifs is 1. The third kappa shape index (κ3) is 3.17. The van der Waals surface area contributed by atoms with Gasteiger partial charge in [-0.2, -0.15) is 0 Å². The van der Waals surface area contributed by atoms with E-state index >= 15 is 0 Å². The van der Waals surface area contributed by atoms with Crippen LogP contribution in [0.25, 0.3) is 0 Å². The molecule has 1 aliphatic heterocycles. The third-order valence-electron chi connectivity index (χ3n) is 3.40. The summed E-state index contributed by atoms with van der Waals surface area (Å²) in [6.07, 6.45) is 0.818. The van der Waals surface area contributed by atoms with Gasteiger partial charge in [-0.15, -0.1) is 23.1 Å². The fourth-order valence-electron chi connectivity index (χ4n) is 2.32. The largest absolute Gasteiger partial charge is 0.344 e. The van der Waals surface area contributed by atoms with Crippen LogP contribution < -0.4 is 5.32 Å². The van der Waals surface area contributed by atoms with Crippen LogP contribution in [0, 0.1) is 12.7 Å². The fraction of sp³-hybridized carbons (Fsp3) is 0.267. The van der Waals surface area contributed by atoms with Crippen molar-refractivity contribution in [1.29, 1.82) is 0 Å². The van der Waals surface area contributed by atoms with Gasteiger partial charge in [-0.25, -0.2) is 4.39 Å². The van der Waals surface area contributed by atoms with Crippen molar-refractivity contribution in [2.24, 2.45) is 0 Å². The molecular formula is C15H13BrFNOS2. The predicted octanol–water partition coefficient (Wildman–Crippen LogP) is 4.93. The average molecular weight is 386 g/mol. The molecule has 1 aliphatic rings. The van der Waals surface area contributed by atoms with E-state index in [1.54, 1.807) is 17.8 Å². The molecule has 6 heteroatoms. The van der Waals surface area contributed by atoms with Crippen LogP contribution in [0.2, 0.25) is 0 Å². The van der Waals surface area contributed by atoms with Gasteiger partial charge in [-0.3, -0.25) is 4.79 Å². The maximum atomic E-state index is 13.5. The van der Waals surface area contributed by atoms with E-state index in [-0.39, 0.29) is 17.8 Å². The summed E-state index contributed by atoms with van der Waals surface area (Å²) >= 11 is 6.56. The van der Waals surface area contributed by atoms with E-state index < -0.39 is 0 Å². The Balaban J connectivity index is 1.83. The Bertz CT molecular complexity index is 681. The molecule has 0 bridgehead atoms. The highest BCUT2D eigenvalue weighted by Gasteiger charge is 2.24. The molecule has 1 aromatic carbocycles. The van der Waals surface area contributed by atoms with Crippen LogP contribution in [-0.4, -0.2) is 11.7 Å². The first kappa shape index (κ1) is 15.1. The zero-order chi connectivity index (χ0) is 15.0. The van der Waals surface area contributed by atoms with E-state index in [2.05, 4.69) is 21.2 Å². The van der Waals surface area contributed by atoms with Gasteiger partial charge >= 0.3 is 0 Å². The first-order chi connectivity index (χ1) is 10.0. The fourth-order valence-corrected chi connectivity index (χ4v) is 4.86. The number of aryl methyl sites for hydroxylation is 1. The first-order valence-corrected chi connectivity index (χ1v) is 9.13. The number of nitrogens with one attached hydrogen (secondary N) is 1. The van der Waals surface area contributed by atoms with E-state index in [9.17, 15) is 9.18 Å². The maximum Gasteiger partial charge on any atom is 0.261 e. The Hall–Kier alpha value is -0.850. The van der Waals surface area contributed by atoms with E-state index in [4.69, 9.17) is 0 Å². The number of amides is 1. The molecule has 0 radical (unpaired) electrons. The Labute approximate surface area is 139 Å². The second-order valence-corrected chi connectivity index (χ2v) is 8.42. The minimum atomic E-state index is -0.259. The predicted molar refractivity (Wildman–Crippen MR) is 88.7 cm³/mol. The van der Waals surface area contributed by atoms with Gasteiger partial charge in [-0.1, -0.05) is 0 Å². The molecule has 21 heavy (non-hydrogen) atoms. The highest BCUT2D eigenvalue weighted by atomic mass is 79.9. The van der Waals surface area contributed by atoms with Crippen molar-refractivity contribution in [1.82, 2.24) is 5.32 Å². The summed E-state index contributed by atoms with van der Waals surface area (Å²) in [6.45, 7) is 1.96. The van der Waals surface area contributed by atoms with Crippen LogP contribution in [0.15, 0.2) is 32.9 Å². The van der Waals surface area contributed by atoms with Gasteiger partial charge in [0, 0.05) is 10.6 Å². The molecule has 0 fully saturated rings. The van der Waals surface area contributed by atoms with Crippen molar-refractivity contribution in [2.45, 2.75) is 24.3 Å². The quantitative estimate of drug-likeness (QED) is 0.794. The Morgan fingerprint density at radius 2 is 2.24 bits per heavy atom. The molecule has 0 aliphatic carbocycles. The van der Waals surface area contributed by atoms with Gasteiger partial charge in [0.15, 0.2) is 0 Å². The lowest BCUT2D eigenvalue weighted by molar-refractivity contribution is 0.0939. The Morgan fingerprint density at radius 3 is 2.95 bits per heavy atom. The molecule has 110 valence electrons. The monoisotopic (exact) mass is 385 g/mol. The second-order valence-electron chi connectivity index (χ2n) is 4.91. The molecule has 3 rings (SSSR count). The molecule has 2 aromatic rings. The number of carbonyl (C=O) groups excluding carboxylic acids is 1. The normalized spacial score (nSPS) is 17.4. The number of carbonyl (C=O) groups is 1. The lowest BCUT2D eigenvalue weighted by Crippen LogP contribution is -2.30. The Morgan fingerprint density at radius 1 is 1.43 bits per heavy atom. The number of thiophene rings is 1. The zero-order valence-corrected chi connectivity index (χ0v) is 14.5. The zero-order valence-electron chi connectivity index (χ0n) is 11.3. The van der Waals surface area contributed by atoms with Crippen molar-refractivity contribution in [2.75, 3.05) is 5.75 Å². The van der Waals surface area contributed by atoms with Crippen LogP contribution in [0.4, 0.5) is 4.39 Å². The highest BCUT2D eigenvalue weighted by molar-refractivity contribution is 9.11. The molecule has 2 heterocycles. The van der Waals surface area contributed by atoms with Crippen molar-refractivity contribution in [3.63, 3.8) is 0 Å². The summed E-state index contributed by atoms with van der Waals surface area (Å²) in [5.41, 5.74) is 1.93. The summed E-state index contributed by atoms with van der Waals surface area (Å²) in [5.74, 6) is 0.572. The molecule has 1 unspecified atom stereocenters. The minimum Gasteiger partial charge on any atom is -0.344 e. The Kier molecular flexibility index (Phi) is 4.38. The van der Waals surface area contributed by atoms with E-state index in [1.807, 2.05) is 13.0 Å². The molecule has 2 nitrogen and oxygen atoms in total. The molecule has 0 saturated carbocycles. The van der Waals surface area contributed by atoms with Crippen LogP contribution in [0.5, 0.6) is 0 Å². The van der Waals surface area contributed by atoms with Gasteiger partial charge in [-0.05, 0) is 64.7 Å². The third-order valence-corrected chi connectivity index (χ3v) is 6.66. The SMILES string of the molecule is Cc1cc(C(=O)NC2CCSc3ccc(F)cc32)sc1Br. The lowest BCUT2D eigenvalue weighted by Gasteiger charge is -2.25. The standard InChI is InChI=1S/C15H13BrFNOS2/c1-8-6-13(21-14(8)16)15(19)18-11-4-5-20-12-3-2-9(17)7-10(11)12/h2-3,6-7,11H,4-5H2,1H3,(H,18,19). The molecule has 1 N–H and O–H groups in total. The van der Waals surface area contributed by atoms with Crippen LogP contribution in [0.1, 0.15) is 33.3 Å². The summed E-state index contributed by atoms with van der Waals surface area (Å²) in [4.78, 5) is 14.1. The summed E-state index contributed by atoms with van der Waals surface area (Å²) in [7, 11) is 0. The summed E-state index contributed by atoms with van der Waals surface area (Å²) in [6, 6.07) is 6.54. The topological polar surface area (TPSA) is 29.1 Å². The van der Waals surface area contributed by atoms with Crippen LogP contribution in [0.3, 0.4) is 0 Å². The van der Waals surface area contributed by atoms with Gasteiger partial charge in [0.05, 0.1) is 14.7 Å². The van der Waals surface area contributed by atoms with Gasteiger partial charge in [0.25, 0.3) is 5.91 Å². The van der Waals surface area contributed by atoms with E-state index in [0.29, 0.717) is 4.88 Å². The molecule has 1 amide bonds. The average Bonchev–Trinajstić information content (AvgIpc) is 2.79. The number of halogens is 2. The summed E-state index contributed by atoms with van der Waals surface area (Å²) in [5, 5.41) is 3.03. The smallest absolute Gasteiger partial charge is 0.261 e. The van der Waals surface area contributed by atoms with Crippen molar-refractivity contribution in [3.8, 4) is 0 Å². The maximum absolute atomic E-state index is 13.5. The molecule has 1 atom stereocenters. The molecular weight excluding hydrogens is 373 g/mol. The summed E-state index contributed by atoms with van der Waals surface area (Å²) < 4.78 is 14.4. The lowest BCUT2D eigenvalue weighted by atomic mass is 10.0. The molecule has 0 spiro atoms. The van der Waals surface area contributed by atoms with Crippen molar-refractivity contribution in [3.05, 3.63) is 49.9 Å². The minimum absolute atomic E-state index is 0.0964. The first-order valence-electron chi connectivity index (χ1n) is 6.53. The van der Waals surface area contributed by atoms with Crippen LogP contribution >= 0.6 is 39.0 Å². The molecule has 0 saturated heterocycles.